The normalized spacial score (nSPS) is 12.9. The lowest BCUT2D eigenvalue weighted by molar-refractivity contribution is -0.00000893. The second-order valence-corrected chi connectivity index (χ2v) is 8.45. The highest BCUT2D eigenvalue weighted by Gasteiger charge is 2.25. The Hall–Kier alpha value is -1.23. The van der Waals surface area contributed by atoms with Gasteiger partial charge >= 0.3 is 0 Å². The van der Waals surface area contributed by atoms with Crippen molar-refractivity contribution >= 4 is 0 Å². The first-order chi connectivity index (χ1) is 11.6. The Morgan fingerprint density at radius 1 is 1.19 bits per heavy atom. The number of benzene rings is 1. The molecule has 2 N–H and O–H groups in total. The molecule has 0 aliphatic rings. The molecule has 0 spiro atoms. The smallest absolute Gasteiger partial charge is 0.161 e. The van der Waals surface area contributed by atoms with E-state index in [2.05, 4.69) is 46.5 Å². The second kappa shape index (κ2) is 10.8. The Kier molecular flexibility index (Phi) is 10.3. The van der Waals surface area contributed by atoms with Crippen LogP contribution in [0, 0.1) is 5.41 Å². The van der Waals surface area contributed by atoms with Crippen molar-refractivity contribution in [2.75, 3.05) is 20.3 Å². The minimum atomic E-state index is -0.586. The van der Waals surface area contributed by atoms with Crippen LogP contribution >= 0.6 is 0 Å². The lowest BCUT2D eigenvalue weighted by atomic mass is 9.82. The van der Waals surface area contributed by atoms with Gasteiger partial charge in [0.2, 0.25) is 0 Å². The molecule has 0 saturated carbocycles. The summed E-state index contributed by atoms with van der Waals surface area (Å²) >= 11 is 0. The third kappa shape index (κ3) is 9.46. The SMILES string of the molecule is C=CCc1ccc(OCC(O)CNC(C)(C)CC(C)(C)C)c(OC)c1.[Cl-]. The Morgan fingerprint density at radius 3 is 2.38 bits per heavy atom. The summed E-state index contributed by atoms with van der Waals surface area (Å²) in [4.78, 5) is 0. The molecule has 0 fully saturated rings. The average Bonchev–Trinajstić information content (AvgIpc) is 2.49. The van der Waals surface area contributed by atoms with Gasteiger partial charge in [-0.05, 0) is 49.8 Å². The molecule has 0 radical (unpaired) electrons. The van der Waals surface area contributed by atoms with Crippen molar-refractivity contribution in [3.05, 3.63) is 36.4 Å². The molecule has 1 unspecified atom stereocenters. The van der Waals surface area contributed by atoms with E-state index in [-0.39, 0.29) is 30.0 Å². The molecule has 0 bridgehead atoms. The minimum absolute atomic E-state index is 0. The first-order valence-electron chi connectivity index (χ1n) is 8.90. The number of ether oxygens (including phenoxy) is 2. The monoisotopic (exact) mass is 384 g/mol. The van der Waals surface area contributed by atoms with Gasteiger partial charge in [0.05, 0.1) is 7.11 Å². The zero-order valence-electron chi connectivity index (χ0n) is 17.1. The van der Waals surface area contributed by atoms with Crippen LogP contribution in [0.25, 0.3) is 0 Å². The molecule has 0 amide bonds. The topological polar surface area (TPSA) is 50.7 Å². The maximum Gasteiger partial charge on any atom is 0.161 e. The lowest BCUT2D eigenvalue weighted by Crippen LogP contribution is -3.00. The third-order valence-electron chi connectivity index (χ3n) is 3.83. The van der Waals surface area contributed by atoms with Crippen molar-refractivity contribution in [3.63, 3.8) is 0 Å². The third-order valence-corrected chi connectivity index (χ3v) is 3.83. The summed E-state index contributed by atoms with van der Waals surface area (Å²) in [6.45, 7) is 15.4. The van der Waals surface area contributed by atoms with Crippen LogP contribution in [0.3, 0.4) is 0 Å². The molecule has 0 aliphatic carbocycles. The molecule has 0 aliphatic heterocycles. The number of nitrogens with one attached hydrogen (secondary N) is 1. The standard InChI is InChI=1S/C21H35NO3.ClH/c1-8-9-16-10-11-18(19(12-16)24-7)25-14-17(23)13-22-21(5,6)15-20(2,3)4;/h8,10-12,17,22-23H,1,9,13-15H2,2-7H3;1H/p-1. The van der Waals surface area contributed by atoms with Crippen LogP contribution in [0.2, 0.25) is 0 Å². The fourth-order valence-electron chi connectivity index (χ4n) is 3.15. The van der Waals surface area contributed by atoms with Crippen molar-refractivity contribution < 1.29 is 27.0 Å². The van der Waals surface area contributed by atoms with Crippen molar-refractivity contribution in [1.82, 2.24) is 5.32 Å². The van der Waals surface area contributed by atoms with E-state index < -0.39 is 6.10 Å². The van der Waals surface area contributed by atoms with Gasteiger partial charge in [-0.3, -0.25) is 0 Å². The molecule has 0 heterocycles. The lowest BCUT2D eigenvalue weighted by Gasteiger charge is -2.34. The molecule has 4 nitrogen and oxygen atoms in total. The summed E-state index contributed by atoms with van der Waals surface area (Å²) in [5.41, 5.74) is 1.31. The van der Waals surface area contributed by atoms with Crippen LogP contribution in [-0.2, 0) is 6.42 Å². The Bertz CT molecular complexity index is 553. The van der Waals surface area contributed by atoms with E-state index in [9.17, 15) is 5.11 Å². The van der Waals surface area contributed by atoms with E-state index in [0.717, 1.165) is 18.4 Å². The molecule has 26 heavy (non-hydrogen) atoms. The molecule has 1 atom stereocenters. The zero-order chi connectivity index (χ0) is 19.1. The maximum atomic E-state index is 10.2. The van der Waals surface area contributed by atoms with Crippen molar-refractivity contribution in [2.24, 2.45) is 5.41 Å². The highest BCUT2D eigenvalue weighted by Crippen LogP contribution is 2.29. The van der Waals surface area contributed by atoms with Gasteiger partial charge in [0.1, 0.15) is 12.7 Å². The van der Waals surface area contributed by atoms with Crippen LogP contribution in [0.5, 0.6) is 11.5 Å². The number of methoxy groups -OCH3 is 1. The number of hydrogen-bond acceptors (Lipinski definition) is 4. The quantitative estimate of drug-likeness (QED) is 0.590. The Labute approximate surface area is 165 Å². The van der Waals surface area contributed by atoms with Crippen molar-refractivity contribution in [1.29, 1.82) is 0 Å². The molecule has 150 valence electrons. The van der Waals surface area contributed by atoms with E-state index in [1.807, 2.05) is 24.3 Å². The Morgan fingerprint density at radius 2 is 1.85 bits per heavy atom. The largest absolute Gasteiger partial charge is 1.00 e. The summed E-state index contributed by atoms with van der Waals surface area (Å²) < 4.78 is 11.1. The number of aliphatic hydroxyl groups excluding tert-OH is 1. The van der Waals surface area contributed by atoms with E-state index in [1.165, 1.54) is 0 Å². The van der Waals surface area contributed by atoms with Gasteiger partial charge in [-0.2, -0.15) is 0 Å². The minimum Gasteiger partial charge on any atom is -1.00 e. The van der Waals surface area contributed by atoms with Crippen molar-refractivity contribution in [3.8, 4) is 11.5 Å². The predicted octanol–water partition coefficient (Wildman–Crippen LogP) is 0.972. The van der Waals surface area contributed by atoms with E-state index >= 15 is 0 Å². The van der Waals surface area contributed by atoms with Crippen molar-refractivity contribution in [2.45, 2.75) is 59.1 Å². The summed E-state index contributed by atoms with van der Waals surface area (Å²) in [6.07, 6.45) is 3.07. The van der Waals surface area contributed by atoms with Gasteiger partial charge in [-0.15, -0.1) is 6.58 Å². The highest BCUT2D eigenvalue weighted by molar-refractivity contribution is 5.43. The fourth-order valence-corrected chi connectivity index (χ4v) is 3.15. The highest BCUT2D eigenvalue weighted by atomic mass is 35.5. The first-order valence-corrected chi connectivity index (χ1v) is 8.90. The fraction of sp³-hybridized carbons (Fsp3) is 0.619. The van der Waals surface area contributed by atoms with Crippen LogP contribution < -0.4 is 27.2 Å². The summed E-state index contributed by atoms with van der Waals surface area (Å²) in [5.74, 6) is 1.32. The zero-order valence-corrected chi connectivity index (χ0v) is 17.8. The van der Waals surface area contributed by atoms with Crippen LogP contribution in [0.15, 0.2) is 30.9 Å². The van der Waals surface area contributed by atoms with Gasteiger partial charge < -0.3 is 32.3 Å². The van der Waals surface area contributed by atoms with Gasteiger partial charge in [0.25, 0.3) is 0 Å². The molecule has 1 aromatic rings. The summed E-state index contributed by atoms with van der Waals surface area (Å²) in [5, 5.41) is 13.7. The first kappa shape index (κ1) is 24.8. The molecule has 1 aromatic carbocycles. The molecule has 0 aromatic heterocycles. The van der Waals surface area contributed by atoms with Crippen LogP contribution in [0.1, 0.15) is 46.6 Å². The number of hydrogen-bond donors (Lipinski definition) is 2. The van der Waals surface area contributed by atoms with Gasteiger partial charge in [0.15, 0.2) is 11.5 Å². The molecular formula is C21H35ClNO3-. The van der Waals surface area contributed by atoms with E-state index in [4.69, 9.17) is 9.47 Å². The number of allylic oxidation sites excluding steroid dienone is 1. The molecule has 1 rings (SSSR count). The number of β-amino-alcohol motifs (C(OH)–C–C–N with tert-alkyl or cyclic N) is 1. The van der Waals surface area contributed by atoms with Gasteiger partial charge in [0, 0.05) is 12.1 Å². The van der Waals surface area contributed by atoms with Crippen LogP contribution in [-0.4, -0.2) is 37.0 Å². The van der Waals surface area contributed by atoms with E-state index in [0.29, 0.717) is 18.0 Å². The molecular weight excluding hydrogens is 350 g/mol. The van der Waals surface area contributed by atoms with Gasteiger partial charge in [-0.25, -0.2) is 0 Å². The molecule has 5 heteroatoms. The van der Waals surface area contributed by atoms with E-state index in [1.54, 1.807) is 7.11 Å². The van der Waals surface area contributed by atoms with Gasteiger partial charge in [-0.1, -0.05) is 32.9 Å². The summed E-state index contributed by atoms with van der Waals surface area (Å²) in [7, 11) is 1.62. The maximum absolute atomic E-state index is 10.2. The average molecular weight is 385 g/mol. The van der Waals surface area contributed by atoms with Crippen LogP contribution in [0.4, 0.5) is 0 Å². The number of aliphatic hydroxyl groups is 1. The molecule has 0 saturated heterocycles. The second-order valence-electron chi connectivity index (χ2n) is 8.45. The predicted molar refractivity (Wildman–Crippen MR) is 105 cm³/mol. The Balaban J connectivity index is 0.00000625. The summed E-state index contributed by atoms with van der Waals surface area (Å²) in [6, 6.07) is 5.80. The number of rotatable bonds is 10. The number of halogens is 1.